The van der Waals surface area contributed by atoms with Gasteiger partial charge in [0.15, 0.2) is 0 Å². The number of fused-ring (bicyclic) bond motifs is 2. The molecule has 28 heavy (non-hydrogen) atoms. The largest absolute Gasteiger partial charge is 0.286 e. The monoisotopic (exact) mass is 423 g/mol. The van der Waals surface area contributed by atoms with Crippen LogP contribution in [-0.4, -0.2) is 29.4 Å². The third kappa shape index (κ3) is 3.25. The first kappa shape index (κ1) is 19.5. The Morgan fingerprint density at radius 1 is 1.43 bits per heavy atom. The molecular formula is C19H22FN3O3S2. The molecule has 0 saturated heterocycles. The van der Waals surface area contributed by atoms with Gasteiger partial charge in [-0.1, -0.05) is 26.0 Å². The van der Waals surface area contributed by atoms with E-state index in [4.69, 9.17) is 0 Å². The van der Waals surface area contributed by atoms with E-state index in [0.29, 0.717) is 35.1 Å². The van der Waals surface area contributed by atoms with Crippen molar-refractivity contribution in [2.45, 2.75) is 33.1 Å². The van der Waals surface area contributed by atoms with Gasteiger partial charge in [0, 0.05) is 22.1 Å². The van der Waals surface area contributed by atoms with Crippen molar-refractivity contribution in [3.8, 4) is 11.3 Å². The van der Waals surface area contributed by atoms with Gasteiger partial charge in [0.2, 0.25) is 5.13 Å². The Morgan fingerprint density at radius 3 is 2.89 bits per heavy atom. The number of halogens is 1. The fraction of sp³-hybridized carbons (Fsp3) is 0.474. The average molecular weight is 424 g/mol. The van der Waals surface area contributed by atoms with Gasteiger partial charge in [-0.05, 0) is 42.7 Å². The van der Waals surface area contributed by atoms with Gasteiger partial charge in [-0.3, -0.25) is 9.98 Å². The van der Waals surface area contributed by atoms with Crippen molar-refractivity contribution in [2.24, 2.45) is 21.8 Å². The molecule has 1 aromatic carbocycles. The number of anilines is 1. The minimum Gasteiger partial charge on any atom is -0.286 e. The Morgan fingerprint density at radius 2 is 2.21 bits per heavy atom. The lowest BCUT2D eigenvalue weighted by Crippen LogP contribution is -2.42. The molecule has 2 N–H and O–H groups in total. The van der Waals surface area contributed by atoms with Crippen LogP contribution >= 0.6 is 11.3 Å². The number of rotatable bonds is 5. The van der Waals surface area contributed by atoms with Crippen LogP contribution in [0.2, 0.25) is 0 Å². The summed E-state index contributed by atoms with van der Waals surface area (Å²) < 4.78 is 46.4. The van der Waals surface area contributed by atoms with E-state index >= 15 is 0 Å². The van der Waals surface area contributed by atoms with E-state index in [1.165, 1.54) is 23.5 Å². The van der Waals surface area contributed by atoms with Crippen LogP contribution in [0.25, 0.3) is 11.3 Å². The average Bonchev–Trinajstić information content (AvgIpc) is 3.21. The zero-order valence-corrected chi connectivity index (χ0v) is 17.3. The second-order valence-electron chi connectivity index (χ2n) is 8.19. The summed E-state index contributed by atoms with van der Waals surface area (Å²) in [6.45, 7) is 4.12. The summed E-state index contributed by atoms with van der Waals surface area (Å²) in [6.07, 6.45) is 2.33. The number of hydrazone groups is 1. The Hall–Kier alpha value is -1.84. The molecule has 6 nitrogen and oxygen atoms in total. The highest BCUT2D eigenvalue weighted by Gasteiger charge is 2.64. The summed E-state index contributed by atoms with van der Waals surface area (Å²) in [4.78, 5) is 4.44. The number of thiazole rings is 1. The normalized spacial score (nSPS) is 27.4. The first-order chi connectivity index (χ1) is 13.1. The molecule has 1 heterocycles. The molecule has 150 valence electrons. The highest BCUT2D eigenvalue weighted by atomic mass is 32.2. The summed E-state index contributed by atoms with van der Waals surface area (Å²) >= 11 is 1.35. The molecule has 0 aliphatic heterocycles. The number of nitrogens with zero attached hydrogens (tertiary/aromatic N) is 2. The molecule has 2 aliphatic carbocycles. The fourth-order valence-electron chi connectivity index (χ4n) is 4.82. The molecule has 2 aromatic rings. The van der Waals surface area contributed by atoms with Crippen LogP contribution in [0.3, 0.4) is 0 Å². The van der Waals surface area contributed by atoms with Crippen LogP contribution in [0.1, 0.15) is 33.1 Å². The molecule has 2 bridgehead atoms. The zero-order chi connectivity index (χ0) is 20.2. The van der Waals surface area contributed by atoms with Crippen LogP contribution in [0, 0.1) is 22.6 Å². The third-order valence-corrected chi connectivity index (χ3v) is 8.11. The van der Waals surface area contributed by atoms with Crippen molar-refractivity contribution in [1.82, 2.24) is 4.98 Å². The summed E-state index contributed by atoms with van der Waals surface area (Å²) in [5.41, 5.74) is 4.13. The van der Waals surface area contributed by atoms with E-state index < -0.39 is 15.5 Å². The fourth-order valence-corrected chi connectivity index (χ4v) is 6.79. The minimum absolute atomic E-state index is 0.251. The molecule has 2 fully saturated rings. The molecule has 2 saturated carbocycles. The molecule has 9 heteroatoms. The smallest absolute Gasteiger partial charge is 0.265 e. The maximum absolute atomic E-state index is 13.4. The Balaban J connectivity index is 1.60. The zero-order valence-electron chi connectivity index (χ0n) is 15.6. The molecule has 4 rings (SSSR count). The highest BCUT2D eigenvalue weighted by Crippen LogP contribution is 2.64. The lowest BCUT2D eigenvalue weighted by molar-refractivity contribution is 0.193. The maximum Gasteiger partial charge on any atom is 0.265 e. The third-order valence-electron chi connectivity index (χ3n) is 6.51. The number of nitrogens with one attached hydrogen (secondary N) is 1. The van der Waals surface area contributed by atoms with Crippen molar-refractivity contribution in [1.29, 1.82) is 0 Å². The van der Waals surface area contributed by atoms with Gasteiger partial charge in [-0.25, -0.2) is 9.37 Å². The summed E-state index contributed by atoms with van der Waals surface area (Å²) in [5.74, 6) is -0.290. The standard InChI is InChI=1S/C19H22FN3O3S2/c1-18(2)13-6-7-19(18,11-28(24,25)26)16(9-13)22-23-17-21-15(10-27-17)12-4-3-5-14(20)8-12/h3-5,8,10,13H,6-7,9,11H2,1-2H3,(H,21,23)(H,24,25,26). The second-order valence-corrected chi connectivity index (χ2v) is 10.5. The first-order valence-corrected chi connectivity index (χ1v) is 11.6. The van der Waals surface area contributed by atoms with Gasteiger partial charge in [-0.2, -0.15) is 13.5 Å². The molecular weight excluding hydrogens is 401 g/mol. The van der Waals surface area contributed by atoms with Gasteiger partial charge in [0.05, 0.1) is 11.4 Å². The van der Waals surface area contributed by atoms with Crippen LogP contribution in [0.15, 0.2) is 34.7 Å². The Bertz CT molecular complexity index is 1050. The van der Waals surface area contributed by atoms with E-state index in [0.717, 1.165) is 12.1 Å². The molecule has 2 unspecified atom stereocenters. The molecule has 0 amide bonds. The number of hydrogen-bond donors (Lipinski definition) is 2. The van der Waals surface area contributed by atoms with Crippen LogP contribution in [0.4, 0.5) is 9.52 Å². The summed E-state index contributed by atoms with van der Waals surface area (Å²) in [7, 11) is -4.13. The van der Waals surface area contributed by atoms with E-state index in [1.807, 2.05) is 5.38 Å². The number of aromatic nitrogens is 1. The molecule has 2 atom stereocenters. The first-order valence-electron chi connectivity index (χ1n) is 9.10. The molecule has 2 aliphatic rings. The van der Waals surface area contributed by atoms with E-state index in [-0.39, 0.29) is 17.0 Å². The lowest BCUT2D eigenvalue weighted by atomic mass is 9.70. The van der Waals surface area contributed by atoms with Gasteiger partial charge in [0.25, 0.3) is 10.1 Å². The predicted molar refractivity (Wildman–Crippen MR) is 109 cm³/mol. The molecule has 0 spiro atoms. The lowest BCUT2D eigenvalue weighted by Gasteiger charge is -2.37. The van der Waals surface area contributed by atoms with Crippen molar-refractivity contribution in [3.05, 3.63) is 35.5 Å². The number of benzene rings is 1. The van der Waals surface area contributed by atoms with Gasteiger partial charge < -0.3 is 0 Å². The highest BCUT2D eigenvalue weighted by molar-refractivity contribution is 7.85. The van der Waals surface area contributed by atoms with Crippen LogP contribution in [-0.2, 0) is 10.1 Å². The van der Waals surface area contributed by atoms with E-state index in [2.05, 4.69) is 29.4 Å². The van der Waals surface area contributed by atoms with Gasteiger partial charge in [0.1, 0.15) is 5.82 Å². The quantitative estimate of drug-likeness (QED) is 0.548. The van der Waals surface area contributed by atoms with Crippen molar-refractivity contribution >= 4 is 32.3 Å². The number of hydrogen-bond acceptors (Lipinski definition) is 6. The summed E-state index contributed by atoms with van der Waals surface area (Å²) in [5, 5.41) is 6.88. The van der Waals surface area contributed by atoms with E-state index in [1.54, 1.807) is 12.1 Å². The molecule has 1 aromatic heterocycles. The van der Waals surface area contributed by atoms with Crippen LogP contribution in [0.5, 0.6) is 0 Å². The van der Waals surface area contributed by atoms with Crippen molar-refractivity contribution in [2.75, 3.05) is 11.2 Å². The topological polar surface area (TPSA) is 91.7 Å². The SMILES string of the molecule is CC1(C)C2CCC1(CS(=O)(=O)O)C(=NNc1nc(-c3cccc(F)c3)cs1)C2. The minimum atomic E-state index is -4.13. The van der Waals surface area contributed by atoms with Crippen LogP contribution < -0.4 is 5.43 Å². The Labute approximate surface area is 167 Å². The summed E-state index contributed by atoms with van der Waals surface area (Å²) in [6, 6.07) is 6.22. The van der Waals surface area contributed by atoms with Gasteiger partial charge in [-0.15, -0.1) is 11.3 Å². The second kappa shape index (κ2) is 6.60. The van der Waals surface area contributed by atoms with Crippen molar-refractivity contribution < 1.29 is 17.4 Å². The van der Waals surface area contributed by atoms with E-state index in [9.17, 15) is 17.4 Å². The van der Waals surface area contributed by atoms with Crippen molar-refractivity contribution in [3.63, 3.8) is 0 Å². The molecule has 0 radical (unpaired) electrons. The van der Waals surface area contributed by atoms with Gasteiger partial charge >= 0.3 is 0 Å². The Kier molecular flexibility index (Phi) is 4.59. The predicted octanol–water partition coefficient (Wildman–Crippen LogP) is 4.43. The maximum atomic E-state index is 13.4.